The highest BCUT2D eigenvalue weighted by Gasteiger charge is 2.32. The fourth-order valence-corrected chi connectivity index (χ4v) is 2.88. The van der Waals surface area contributed by atoms with E-state index in [1.54, 1.807) is 7.11 Å². The summed E-state index contributed by atoms with van der Waals surface area (Å²) in [6.45, 7) is 2.89. The van der Waals surface area contributed by atoms with Gasteiger partial charge in [0.25, 0.3) is 10.1 Å². The minimum Gasteiger partial charge on any atom is -0.497 e. The molecule has 1 aliphatic rings. The summed E-state index contributed by atoms with van der Waals surface area (Å²) in [5.41, 5.74) is 1.91. The second-order valence-electron chi connectivity index (χ2n) is 4.94. The Balaban J connectivity index is 1.89. The molecule has 0 saturated carbocycles. The van der Waals surface area contributed by atoms with Crippen molar-refractivity contribution in [2.75, 3.05) is 31.8 Å². The van der Waals surface area contributed by atoms with Crippen LogP contribution >= 0.6 is 12.2 Å². The Bertz CT molecular complexity index is 640. The molecule has 21 heavy (non-hydrogen) atoms. The molecule has 0 atom stereocenters. The van der Waals surface area contributed by atoms with E-state index in [2.05, 4.69) is 5.32 Å². The third kappa shape index (κ3) is 4.29. The second-order valence-corrected chi connectivity index (χ2v) is 6.93. The molecule has 1 N–H and O–H groups in total. The fraction of sp³-hybridized carbons (Fsp3) is 0.462. The summed E-state index contributed by atoms with van der Waals surface area (Å²) in [4.78, 5) is 1.86. The number of rotatable bonds is 4. The largest absolute Gasteiger partial charge is 0.497 e. The first-order chi connectivity index (χ1) is 9.78. The number of nitrogens with zero attached hydrogens (tertiary/aromatic N) is 1. The molecule has 0 amide bonds. The van der Waals surface area contributed by atoms with Gasteiger partial charge >= 0.3 is 0 Å². The van der Waals surface area contributed by atoms with E-state index in [1.807, 2.05) is 30.0 Å². The summed E-state index contributed by atoms with van der Waals surface area (Å²) in [7, 11) is -1.79. The van der Waals surface area contributed by atoms with Crippen molar-refractivity contribution < 1.29 is 17.3 Å². The van der Waals surface area contributed by atoms with E-state index >= 15 is 0 Å². The van der Waals surface area contributed by atoms with E-state index in [-0.39, 0.29) is 6.10 Å². The van der Waals surface area contributed by atoms with Crippen LogP contribution < -0.4 is 10.1 Å². The van der Waals surface area contributed by atoms with Crippen molar-refractivity contribution in [2.45, 2.75) is 13.0 Å². The Kier molecular flexibility index (Phi) is 4.70. The van der Waals surface area contributed by atoms with Gasteiger partial charge < -0.3 is 15.0 Å². The van der Waals surface area contributed by atoms with Gasteiger partial charge in [-0.1, -0.05) is 0 Å². The molecule has 2 rings (SSSR count). The summed E-state index contributed by atoms with van der Waals surface area (Å²) in [6, 6.07) is 5.66. The molecular weight excluding hydrogens is 312 g/mol. The molecule has 1 aromatic carbocycles. The molecule has 0 aliphatic carbocycles. The van der Waals surface area contributed by atoms with E-state index in [9.17, 15) is 8.42 Å². The predicted molar refractivity (Wildman–Crippen MR) is 85.2 cm³/mol. The minimum atomic E-state index is -3.41. The van der Waals surface area contributed by atoms with Gasteiger partial charge in [0.1, 0.15) is 11.9 Å². The Morgan fingerprint density at radius 2 is 2.10 bits per heavy atom. The van der Waals surface area contributed by atoms with Gasteiger partial charge in [0.2, 0.25) is 0 Å². The van der Waals surface area contributed by atoms with Crippen molar-refractivity contribution in [1.82, 2.24) is 4.90 Å². The van der Waals surface area contributed by atoms with Crippen LogP contribution in [0.25, 0.3) is 0 Å². The maximum absolute atomic E-state index is 11.0. The number of ether oxygens (including phenoxy) is 1. The molecule has 116 valence electrons. The van der Waals surface area contributed by atoms with Crippen LogP contribution in [-0.4, -0.2) is 51.0 Å². The molecule has 0 spiro atoms. The normalized spacial score (nSPS) is 15.5. The average molecular weight is 330 g/mol. The number of hydrogen-bond acceptors (Lipinski definition) is 5. The number of thiocarbonyl (C=S) groups is 1. The number of benzene rings is 1. The van der Waals surface area contributed by atoms with Crippen molar-refractivity contribution in [3.8, 4) is 5.75 Å². The van der Waals surface area contributed by atoms with Crippen LogP contribution in [0.5, 0.6) is 5.75 Å². The molecule has 6 nitrogen and oxygen atoms in total. The summed E-state index contributed by atoms with van der Waals surface area (Å²) >= 11 is 5.30. The van der Waals surface area contributed by atoms with Crippen LogP contribution in [0, 0.1) is 6.92 Å². The number of aryl methyl sites for hydroxylation is 1. The zero-order chi connectivity index (χ0) is 15.6. The van der Waals surface area contributed by atoms with E-state index in [1.165, 1.54) is 0 Å². The van der Waals surface area contributed by atoms with Crippen molar-refractivity contribution in [3.63, 3.8) is 0 Å². The standard InChI is InChI=1S/C13H18N2O4S2/c1-9-6-10(18-2)4-5-12(9)14-13(20)15-7-11(8-15)19-21(3,16)17/h4-6,11H,7-8H2,1-3H3,(H,14,20). The zero-order valence-corrected chi connectivity index (χ0v) is 13.8. The van der Waals surface area contributed by atoms with Gasteiger partial charge in [0.05, 0.1) is 13.4 Å². The first-order valence-electron chi connectivity index (χ1n) is 6.37. The Morgan fingerprint density at radius 1 is 1.43 bits per heavy atom. The van der Waals surface area contributed by atoms with E-state index in [0.29, 0.717) is 18.2 Å². The Hall–Kier alpha value is -1.38. The predicted octanol–water partition coefficient (Wildman–Crippen LogP) is 1.36. The van der Waals surface area contributed by atoms with Crippen LogP contribution in [-0.2, 0) is 14.3 Å². The SMILES string of the molecule is COc1ccc(NC(=S)N2CC(OS(C)(=O)=O)C2)c(C)c1. The highest BCUT2D eigenvalue weighted by atomic mass is 32.2. The van der Waals surface area contributed by atoms with Crippen LogP contribution in [0.1, 0.15) is 5.56 Å². The smallest absolute Gasteiger partial charge is 0.264 e. The summed E-state index contributed by atoms with van der Waals surface area (Å²) in [5, 5.41) is 3.70. The average Bonchev–Trinajstić information content (AvgIpc) is 2.34. The number of likely N-dealkylation sites (tertiary alicyclic amines) is 1. The minimum absolute atomic E-state index is 0.322. The van der Waals surface area contributed by atoms with Crippen molar-refractivity contribution in [3.05, 3.63) is 23.8 Å². The maximum atomic E-state index is 11.0. The Morgan fingerprint density at radius 3 is 2.62 bits per heavy atom. The number of hydrogen-bond donors (Lipinski definition) is 1. The summed E-state index contributed by atoms with van der Waals surface area (Å²) in [5.74, 6) is 0.787. The summed E-state index contributed by atoms with van der Waals surface area (Å²) < 4.78 is 32.0. The van der Waals surface area contributed by atoms with Gasteiger partial charge in [-0.15, -0.1) is 0 Å². The topological polar surface area (TPSA) is 67.9 Å². The molecule has 1 aliphatic heterocycles. The molecule has 1 saturated heterocycles. The third-order valence-electron chi connectivity index (χ3n) is 3.12. The van der Waals surface area contributed by atoms with E-state index in [0.717, 1.165) is 23.3 Å². The lowest BCUT2D eigenvalue weighted by Gasteiger charge is -2.39. The first-order valence-corrected chi connectivity index (χ1v) is 8.60. The zero-order valence-electron chi connectivity index (χ0n) is 12.1. The molecule has 1 heterocycles. The van der Waals surface area contributed by atoms with Crippen molar-refractivity contribution >= 4 is 33.1 Å². The van der Waals surface area contributed by atoms with Crippen molar-refractivity contribution in [2.24, 2.45) is 0 Å². The van der Waals surface area contributed by atoms with Crippen LogP contribution in [0.15, 0.2) is 18.2 Å². The highest BCUT2D eigenvalue weighted by Crippen LogP contribution is 2.22. The maximum Gasteiger partial charge on any atom is 0.264 e. The third-order valence-corrected chi connectivity index (χ3v) is 4.10. The Labute approximate surface area is 130 Å². The monoisotopic (exact) mass is 330 g/mol. The van der Waals surface area contributed by atoms with Gasteiger partial charge in [0, 0.05) is 18.8 Å². The molecule has 1 aromatic rings. The van der Waals surface area contributed by atoms with Gasteiger partial charge in [-0.2, -0.15) is 8.42 Å². The number of anilines is 1. The molecule has 8 heteroatoms. The lowest BCUT2D eigenvalue weighted by Crippen LogP contribution is -2.56. The number of methoxy groups -OCH3 is 1. The van der Waals surface area contributed by atoms with E-state index in [4.69, 9.17) is 21.1 Å². The van der Waals surface area contributed by atoms with Gasteiger partial charge in [-0.05, 0) is 42.9 Å². The molecular formula is C13H18N2O4S2. The number of nitrogens with one attached hydrogen (secondary N) is 1. The molecule has 0 aromatic heterocycles. The molecule has 0 bridgehead atoms. The second kappa shape index (κ2) is 6.17. The fourth-order valence-electron chi connectivity index (χ4n) is 2.01. The lowest BCUT2D eigenvalue weighted by atomic mass is 10.1. The molecule has 1 fully saturated rings. The molecule has 0 unspecified atom stereocenters. The van der Waals surface area contributed by atoms with Gasteiger partial charge in [-0.3, -0.25) is 4.18 Å². The quantitative estimate of drug-likeness (QED) is 0.660. The van der Waals surface area contributed by atoms with Crippen LogP contribution in [0.3, 0.4) is 0 Å². The van der Waals surface area contributed by atoms with E-state index < -0.39 is 10.1 Å². The van der Waals surface area contributed by atoms with Crippen LogP contribution in [0.2, 0.25) is 0 Å². The van der Waals surface area contributed by atoms with Gasteiger partial charge in [-0.25, -0.2) is 0 Å². The van der Waals surface area contributed by atoms with Gasteiger partial charge in [0.15, 0.2) is 5.11 Å². The highest BCUT2D eigenvalue weighted by molar-refractivity contribution is 7.86. The lowest BCUT2D eigenvalue weighted by molar-refractivity contribution is 0.0761. The van der Waals surface area contributed by atoms with Crippen LogP contribution in [0.4, 0.5) is 5.69 Å². The summed E-state index contributed by atoms with van der Waals surface area (Å²) in [6.07, 6.45) is 0.726. The van der Waals surface area contributed by atoms with Crippen molar-refractivity contribution in [1.29, 1.82) is 0 Å². The first kappa shape index (κ1) is 16.0. The molecule has 0 radical (unpaired) electrons.